The summed E-state index contributed by atoms with van der Waals surface area (Å²) in [7, 11) is 0. The first kappa shape index (κ1) is 12.0. The van der Waals surface area contributed by atoms with E-state index in [9.17, 15) is 4.79 Å². The highest BCUT2D eigenvalue weighted by atomic mass is 16.4. The molecule has 92 valence electrons. The number of fused-ring (bicyclic) bond motifs is 1. The highest BCUT2D eigenvalue weighted by molar-refractivity contribution is 5.66. The molecule has 0 aliphatic carbocycles. The number of carboxylic acid groups (broad SMARTS) is 1. The van der Waals surface area contributed by atoms with Crippen molar-refractivity contribution in [3.63, 3.8) is 0 Å². The first-order valence-corrected chi connectivity index (χ1v) is 6.23. The zero-order valence-electron chi connectivity index (χ0n) is 10.3. The third-order valence-corrected chi connectivity index (χ3v) is 3.27. The van der Waals surface area contributed by atoms with Crippen LogP contribution in [0, 0.1) is 6.92 Å². The van der Waals surface area contributed by atoms with Crippen LogP contribution < -0.4 is 4.90 Å². The lowest BCUT2D eigenvalue weighted by atomic mass is 9.99. The van der Waals surface area contributed by atoms with Crippen LogP contribution in [0.5, 0.6) is 0 Å². The standard InChI is InChI=1S/C14H19NO2/c1-11-6-7-13-12(10-11)4-2-8-15(13)9-3-5-14(16)17/h6-7,10H,2-5,8-9H2,1H3,(H,16,17). The van der Waals surface area contributed by atoms with E-state index >= 15 is 0 Å². The first-order chi connectivity index (χ1) is 8.16. The molecule has 0 unspecified atom stereocenters. The minimum Gasteiger partial charge on any atom is -0.481 e. The van der Waals surface area contributed by atoms with Crippen molar-refractivity contribution in [2.45, 2.75) is 32.6 Å². The second-order valence-corrected chi connectivity index (χ2v) is 4.72. The van der Waals surface area contributed by atoms with Crippen LogP contribution >= 0.6 is 0 Å². The topological polar surface area (TPSA) is 40.5 Å². The summed E-state index contributed by atoms with van der Waals surface area (Å²) in [5.74, 6) is -0.703. The molecule has 0 fully saturated rings. The van der Waals surface area contributed by atoms with Gasteiger partial charge in [-0.05, 0) is 37.8 Å². The van der Waals surface area contributed by atoms with Gasteiger partial charge in [0.05, 0.1) is 0 Å². The maximum Gasteiger partial charge on any atom is 0.303 e. The summed E-state index contributed by atoms with van der Waals surface area (Å²) in [5.41, 5.74) is 4.01. The molecular weight excluding hydrogens is 214 g/mol. The zero-order valence-corrected chi connectivity index (χ0v) is 10.3. The molecule has 1 aromatic carbocycles. The van der Waals surface area contributed by atoms with E-state index in [-0.39, 0.29) is 6.42 Å². The molecule has 17 heavy (non-hydrogen) atoms. The molecule has 1 heterocycles. The van der Waals surface area contributed by atoms with E-state index in [0.29, 0.717) is 0 Å². The van der Waals surface area contributed by atoms with E-state index in [1.165, 1.54) is 23.2 Å². The lowest BCUT2D eigenvalue weighted by Crippen LogP contribution is -2.30. The van der Waals surface area contributed by atoms with Crippen molar-refractivity contribution in [2.24, 2.45) is 0 Å². The SMILES string of the molecule is Cc1ccc2c(c1)CCCN2CCCC(=O)O. The number of aliphatic carboxylic acids is 1. The van der Waals surface area contributed by atoms with Crippen LogP contribution in [0.1, 0.15) is 30.4 Å². The molecule has 3 nitrogen and oxygen atoms in total. The van der Waals surface area contributed by atoms with E-state index in [1.807, 2.05) is 0 Å². The van der Waals surface area contributed by atoms with Crippen LogP contribution in [0.2, 0.25) is 0 Å². The number of nitrogens with zero attached hydrogens (tertiary/aromatic N) is 1. The van der Waals surface area contributed by atoms with Crippen LogP contribution in [-0.2, 0) is 11.2 Å². The number of rotatable bonds is 4. The minimum atomic E-state index is -0.703. The van der Waals surface area contributed by atoms with Gasteiger partial charge < -0.3 is 10.0 Å². The first-order valence-electron chi connectivity index (χ1n) is 6.23. The Labute approximate surface area is 102 Å². The van der Waals surface area contributed by atoms with Crippen LogP contribution in [-0.4, -0.2) is 24.2 Å². The number of aryl methyl sites for hydroxylation is 2. The summed E-state index contributed by atoms with van der Waals surface area (Å²) in [6.45, 7) is 4.02. The smallest absolute Gasteiger partial charge is 0.303 e. The van der Waals surface area contributed by atoms with Crippen molar-refractivity contribution >= 4 is 11.7 Å². The third-order valence-electron chi connectivity index (χ3n) is 3.27. The summed E-state index contributed by atoms with van der Waals surface area (Å²) < 4.78 is 0. The second-order valence-electron chi connectivity index (χ2n) is 4.72. The summed E-state index contributed by atoms with van der Waals surface area (Å²) in [5, 5.41) is 8.66. The van der Waals surface area contributed by atoms with Crippen molar-refractivity contribution in [3.05, 3.63) is 29.3 Å². The van der Waals surface area contributed by atoms with Gasteiger partial charge in [0.1, 0.15) is 0 Å². The fourth-order valence-electron chi connectivity index (χ4n) is 2.46. The Morgan fingerprint density at radius 2 is 2.29 bits per heavy atom. The number of carbonyl (C=O) groups is 1. The fourth-order valence-corrected chi connectivity index (χ4v) is 2.46. The molecule has 1 aliphatic heterocycles. The average molecular weight is 233 g/mol. The van der Waals surface area contributed by atoms with Gasteiger partial charge in [0.15, 0.2) is 0 Å². The van der Waals surface area contributed by atoms with Gasteiger partial charge in [0.25, 0.3) is 0 Å². The predicted octanol–water partition coefficient (Wildman–Crippen LogP) is 2.61. The Morgan fingerprint density at radius 3 is 3.06 bits per heavy atom. The van der Waals surface area contributed by atoms with Gasteiger partial charge in [-0.25, -0.2) is 0 Å². The highest BCUT2D eigenvalue weighted by Crippen LogP contribution is 2.28. The number of carboxylic acids is 1. The van der Waals surface area contributed by atoms with Crippen LogP contribution in [0.3, 0.4) is 0 Å². The molecule has 0 aromatic heterocycles. The van der Waals surface area contributed by atoms with Gasteiger partial charge in [0, 0.05) is 25.2 Å². The molecule has 0 amide bonds. The monoisotopic (exact) mass is 233 g/mol. The van der Waals surface area contributed by atoms with Crippen molar-refractivity contribution in [1.82, 2.24) is 0 Å². The molecular formula is C14H19NO2. The summed E-state index contributed by atoms with van der Waals surface area (Å²) in [6, 6.07) is 6.55. The van der Waals surface area contributed by atoms with Gasteiger partial charge in [0.2, 0.25) is 0 Å². The number of hydrogen-bond acceptors (Lipinski definition) is 2. The quantitative estimate of drug-likeness (QED) is 0.869. The average Bonchev–Trinajstić information content (AvgIpc) is 2.28. The number of anilines is 1. The molecule has 0 atom stereocenters. The Morgan fingerprint density at radius 1 is 1.47 bits per heavy atom. The molecule has 0 bridgehead atoms. The molecule has 0 spiro atoms. The van der Waals surface area contributed by atoms with Crippen molar-refractivity contribution in [2.75, 3.05) is 18.0 Å². The fraction of sp³-hybridized carbons (Fsp3) is 0.500. The van der Waals surface area contributed by atoms with Gasteiger partial charge in [-0.1, -0.05) is 17.7 Å². The molecule has 0 radical (unpaired) electrons. The second kappa shape index (κ2) is 5.21. The largest absolute Gasteiger partial charge is 0.481 e. The van der Waals surface area contributed by atoms with Gasteiger partial charge in [-0.2, -0.15) is 0 Å². The van der Waals surface area contributed by atoms with Crippen LogP contribution in [0.15, 0.2) is 18.2 Å². The van der Waals surface area contributed by atoms with E-state index in [2.05, 4.69) is 30.0 Å². The number of hydrogen-bond donors (Lipinski definition) is 1. The molecule has 0 saturated heterocycles. The lowest BCUT2D eigenvalue weighted by molar-refractivity contribution is -0.137. The van der Waals surface area contributed by atoms with Crippen molar-refractivity contribution in [1.29, 1.82) is 0 Å². The molecule has 3 heteroatoms. The summed E-state index contributed by atoms with van der Waals surface area (Å²) in [6.07, 6.45) is 3.30. The van der Waals surface area contributed by atoms with Crippen LogP contribution in [0.4, 0.5) is 5.69 Å². The molecule has 1 aliphatic rings. The Bertz CT molecular complexity index is 415. The normalized spacial score (nSPS) is 14.5. The van der Waals surface area contributed by atoms with Gasteiger partial charge in [-0.3, -0.25) is 4.79 Å². The van der Waals surface area contributed by atoms with Gasteiger partial charge >= 0.3 is 5.97 Å². The van der Waals surface area contributed by atoms with Crippen molar-refractivity contribution in [3.8, 4) is 0 Å². The van der Waals surface area contributed by atoms with Crippen LogP contribution in [0.25, 0.3) is 0 Å². The molecule has 0 saturated carbocycles. The highest BCUT2D eigenvalue weighted by Gasteiger charge is 2.16. The Balaban J connectivity index is 2.04. The summed E-state index contributed by atoms with van der Waals surface area (Å²) in [4.78, 5) is 12.8. The van der Waals surface area contributed by atoms with E-state index in [0.717, 1.165) is 25.9 Å². The maximum atomic E-state index is 10.5. The Hall–Kier alpha value is -1.51. The minimum absolute atomic E-state index is 0.262. The van der Waals surface area contributed by atoms with E-state index in [4.69, 9.17) is 5.11 Å². The Kier molecular flexibility index (Phi) is 3.67. The zero-order chi connectivity index (χ0) is 12.3. The van der Waals surface area contributed by atoms with Gasteiger partial charge in [-0.15, -0.1) is 0 Å². The maximum absolute atomic E-state index is 10.5. The third kappa shape index (κ3) is 2.99. The van der Waals surface area contributed by atoms with E-state index in [1.54, 1.807) is 0 Å². The lowest BCUT2D eigenvalue weighted by Gasteiger charge is -2.31. The molecule has 2 rings (SSSR count). The number of benzene rings is 1. The summed E-state index contributed by atoms with van der Waals surface area (Å²) >= 11 is 0. The van der Waals surface area contributed by atoms with E-state index < -0.39 is 5.97 Å². The molecule has 1 N–H and O–H groups in total. The predicted molar refractivity (Wildman–Crippen MR) is 68.6 cm³/mol. The molecule has 1 aromatic rings. The van der Waals surface area contributed by atoms with Crippen molar-refractivity contribution < 1.29 is 9.90 Å².